The first-order valence-corrected chi connectivity index (χ1v) is 7.43. The Hall–Kier alpha value is -1.06. The maximum absolute atomic E-state index is 12.1. The highest BCUT2D eigenvalue weighted by Gasteiger charge is 2.58. The maximum Gasteiger partial charge on any atom is 0.320 e. The molecule has 4 heteroatoms. The minimum Gasteiger partial charge on any atom is -0.481 e. The average Bonchev–Trinajstić information content (AvgIpc) is 2.25. The zero-order valence-corrected chi connectivity index (χ0v) is 11.4. The summed E-state index contributed by atoms with van der Waals surface area (Å²) in [5.41, 5.74) is -0.313. The van der Waals surface area contributed by atoms with Crippen LogP contribution in [0.4, 0.5) is 0 Å². The number of esters is 1. The average molecular weight is 266 g/mol. The first kappa shape index (κ1) is 12.9. The molecule has 0 saturated heterocycles. The number of carbonyl (C=O) groups is 2. The maximum atomic E-state index is 12.1. The molecule has 1 unspecified atom stereocenters. The van der Waals surface area contributed by atoms with Gasteiger partial charge in [-0.05, 0) is 68.6 Å². The molecule has 106 valence electrons. The van der Waals surface area contributed by atoms with Crippen molar-refractivity contribution in [1.29, 1.82) is 0 Å². The number of hydrogen-bond acceptors (Lipinski definition) is 3. The molecule has 1 N–H and O–H groups in total. The molecule has 4 saturated carbocycles. The number of rotatable bonds is 4. The molecule has 4 fully saturated rings. The molecule has 0 aromatic heterocycles. The third-order valence-electron chi connectivity index (χ3n) is 5.47. The number of hydrogen-bond donors (Lipinski definition) is 1. The van der Waals surface area contributed by atoms with E-state index in [1.54, 1.807) is 6.92 Å². The van der Waals surface area contributed by atoms with Gasteiger partial charge in [0.05, 0.1) is 6.61 Å². The predicted molar refractivity (Wildman–Crippen MR) is 68.4 cm³/mol. The molecule has 19 heavy (non-hydrogen) atoms. The van der Waals surface area contributed by atoms with Gasteiger partial charge >= 0.3 is 11.9 Å². The first-order chi connectivity index (χ1) is 9.04. The summed E-state index contributed by atoms with van der Waals surface area (Å²) < 4.78 is 5.04. The van der Waals surface area contributed by atoms with Gasteiger partial charge in [0.1, 0.15) is 0 Å². The van der Waals surface area contributed by atoms with Crippen LogP contribution in [0, 0.1) is 29.1 Å². The lowest BCUT2D eigenvalue weighted by molar-refractivity contribution is -0.176. The van der Waals surface area contributed by atoms with Crippen molar-refractivity contribution in [2.75, 3.05) is 6.61 Å². The van der Waals surface area contributed by atoms with E-state index in [1.807, 2.05) is 0 Å². The van der Waals surface area contributed by atoms with Crippen LogP contribution in [0.15, 0.2) is 0 Å². The molecule has 4 aliphatic carbocycles. The summed E-state index contributed by atoms with van der Waals surface area (Å²) in [7, 11) is 0. The van der Waals surface area contributed by atoms with Crippen molar-refractivity contribution in [3.05, 3.63) is 0 Å². The smallest absolute Gasteiger partial charge is 0.320 e. The number of carboxylic acid groups (broad SMARTS) is 1. The molecular formula is C15H22O4. The highest BCUT2D eigenvalue weighted by molar-refractivity contribution is 5.95. The zero-order valence-electron chi connectivity index (χ0n) is 11.4. The molecule has 4 bridgehead atoms. The second-order valence-corrected chi connectivity index (χ2v) is 6.80. The number of ether oxygens (including phenoxy) is 1. The summed E-state index contributed by atoms with van der Waals surface area (Å²) in [5.74, 6) is -0.522. The van der Waals surface area contributed by atoms with Gasteiger partial charge in [-0.3, -0.25) is 9.59 Å². The van der Waals surface area contributed by atoms with Crippen LogP contribution in [-0.4, -0.2) is 23.7 Å². The molecule has 0 amide bonds. The van der Waals surface area contributed by atoms with E-state index in [1.165, 1.54) is 19.3 Å². The molecule has 4 aliphatic rings. The van der Waals surface area contributed by atoms with E-state index in [-0.39, 0.29) is 12.0 Å². The minimum atomic E-state index is -0.986. The third kappa shape index (κ3) is 2.05. The van der Waals surface area contributed by atoms with Crippen LogP contribution in [0.2, 0.25) is 0 Å². The van der Waals surface area contributed by atoms with Crippen LogP contribution in [0.25, 0.3) is 0 Å². The molecule has 0 spiro atoms. The normalized spacial score (nSPS) is 41.0. The fourth-order valence-electron chi connectivity index (χ4n) is 5.37. The van der Waals surface area contributed by atoms with Crippen LogP contribution >= 0.6 is 0 Å². The van der Waals surface area contributed by atoms with Crippen molar-refractivity contribution in [1.82, 2.24) is 0 Å². The summed E-state index contributed by atoms with van der Waals surface area (Å²) in [6.07, 6.45) is 6.47. The van der Waals surface area contributed by atoms with E-state index in [9.17, 15) is 14.7 Å². The fourth-order valence-corrected chi connectivity index (χ4v) is 5.37. The lowest BCUT2D eigenvalue weighted by Crippen LogP contribution is -2.53. The molecule has 0 aliphatic heterocycles. The Morgan fingerprint density at radius 1 is 1.16 bits per heavy atom. The van der Waals surface area contributed by atoms with E-state index < -0.39 is 17.9 Å². The van der Waals surface area contributed by atoms with Crippen LogP contribution in [-0.2, 0) is 14.3 Å². The molecule has 4 nitrogen and oxygen atoms in total. The van der Waals surface area contributed by atoms with E-state index in [0.29, 0.717) is 17.8 Å². The number of carboxylic acids is 1. The Bertz CT molecular complexity index is 366. The van der Waals surface area contributed by atoms with Crippen molar-refractivity contribution in [3.8, 4) is 0 Å². The standard InChI is InChI=1S/C15H22O4/c1-2-19-14(18)12(13(16)17)15-6-9-3-10(7-15)5-11(4-9)8-15/h9-12H,2-8H2,1H3,(H,16,17). The van der Waals surface area contributed by atoms with Gasteiger partial charge in [-0.25, -0.2) is 0 Å². The lowest BCUT2D eigenvalue weighted by Gasteiger charge is -2.58. The largest absolute Gasteiger partial charge is 0.481 e. The summed E-state index contributed by atoms with van der Waals surface area (Å²) in [6.45, 7) is 1.99. The summed E-state index contributed by atoms with van der Waals surface area (Å²) in [5, 5.41) is 9.53. The fraction of sp³-hybridized carbons (Fsp3) is 0.867. The van der Waals surface area contributed by atoms with Crippen LogP contribution in [0.1, 0.15) is 45.4 Å². The van der Waals surface area contributed by atoms with Crippen molar-refractivity contribution in [2.24, 2.45) is 29.1 Å². The summed E-state index contributed by atoms with van der Waals surface area (Å²) in [4.78, 5) is 23.7. The zero-order chi connectivity index (χ0) is 13.6. The highest BCUT2D eigenvalue weighted by Crippen LogP contribution is 2.62. The Kier molecular flexibility index (Phi) is 3.06. The molecule has 4 rings (SSSR count). The Labute approximate surface area is 113 Å². The SMILES string of the molecule is CCOC(=O)C(C(=O)O)C12CC3CC(CC(C3)C1)C2. The van der Waals surface area contributed by atoms with Crippen LogP contribution in [0.5, 0.6) is 0 Å². The van der Waals surface area contributed by atoms with Gasteiger partial charge in [-0.1, -0.05) is 0 Å². The van der Waals surface area contributed by atoms with Gasteiger partial charge in [0.2, 0.25) is 0 Å². The van der Waals surface area contributed by atoms with Crippen molar-refractivity contribution in [3.63, 3.8) is 0 Å². The van der Waals surface area contributed by atoms with Crippen LogP contribution < -0.4 is 0 Å². The second kappa shape index (κ2) is 4.50. The first-order valence-electron chi connectivity index (χ1n) is 7.43. The Morgan fingerprint density at radius 3 is 2.00 bits per heavy atom. The third-order valence-corrected chi connectivity index (χ3v) is 5.47. The lowest BCUT2D eigenvalue weighted by atomic mass is 9.46. The molecule has 0 aromatic rings. The molecule has 0 radical (unpaired) electrons. The topological polar surface area (TPSA) is 63.6 Å². The predicted octanol–water partition coefficient (Wildman–Crippen LogP) is 2.47. The van der Waals surface area contributed by atoms with Gasteiger partial charge in [0.25, 0.3) is 0 Å². The van der Waals surface area contributed by atoms with Gasteiger partial charge < -0.3 is 9.84 Å². The molecule has 0 aromatic carbocycles. The Morgan fingerprint density at radius 2 is 1.63 bits per heavy atom. The van der Waals surface area contributed by atoms with Gasteiger partial charge in [0.15, 0.2) is 5.92 Å². The molecule has 1 atom stereocenters. The van der Waals surface area contributed by atoms with Crippen molar-refractivity contribution >= 4 is 11.9 Å². The van der Waals surface area contributed by atoms with Crippen LogP contribution in [0.3, 0.4) is 0 Å². The highest BCUT2D eigenvalue weighted by atomic mass is 16.5. The monoisotopic (exact) mass is 266 g/mol. The van der Waals surface area contributed by atoms with Crippen molar-refractivity contribution in [2.45, 2.75) is 45.4 Å². The minimum absolute atomic E-state index is 0.259. The second-order valence-electron chi connectivity index (χ2n) is 6.80. The quantitative estimate of drug-likeness (QED) is 0.627. The summed E-state index contributed by atoms with van der Waals surface area (Å²) in [6, 6.07) is 0. The van der Waals surface area contributed by atoms with E-state index >= 15 is 0 Å². The van der Waals surface area contributed by atoms with Crippen molar-refractivity contribution < 1.29 is 19.4 Å². The van der Waals surface area contributed by atoms with E-state index in [4.69, 9.17) is 4.74 Å². The van der Waals surface area contributed by atoms with E-state index in [0.717, 1.165) is 19.3 Å². The molecule has 0 heterocycles. The van der Waals surface area contributed by atoms with Gasteiger partial charge in [0, 0.05) is 0 Å². The van der Waals surface area contributed by atoms with Gasteiger partial charge in [-0.2, -0.15) is 0 Å². The summed E-state index contributed by atoms with van der Waals surface area (Å²) >= 11 is 0. The number of aliphatic carboxylic acids is 1. The Balaban J connectivity index is 1.89. The molecular weight excluding hydrogens is 244 g/mol. The van der Waals surface area contributed by atoms with E-state index in [2.05, 4.69) is 0 Å². The number of carbonyl (C=O) groups excluding carboxylic acids is 1. The van der Waals surface area contributed by atoms with Gasteiger partial charge in [-0.15, -0.1) is 0 Å².